The number of rotatable bonds is 7. The van der Waals surface area contributed by atoms with Gasteiger partial charge in [0.1, 0.15) is 5.52 Å². The maximum atomic E-state index is 13.7. The number of nitrogens with one attached hydrogen (secondary N) is 3. The number of hydrogen-bond acceptors (Lipinski definition) is 8. The van der Waals surface area contributed by atoms with Gasteiger partial charge >= 0.3 is 0 Å². The summed E-state index contributed by atoms with van der Waals surface area (Å²) >= 11 is 12.1. The zero-order valence-corrected chi connectivity index (χ0v) is 25.9. The Labute approximate surface area is 260 Å². The predicted molar refractivity (Wildman–Crippen MR) is 167 cm³/mol. The number of sulfone groups is 1. The van der Waals surface area contributed by atoms with Crippen LogP contribution in [0.25, 0.3) is 11.0 Å². The maximum absolute atomic E-state index is 13.7. The number of hydrogen-bond donors (Lipinski definition) is 3. The number of pyridine rings is 1. The van der Waals surface area contributed by atoms with Crippen molar-refractivity contribution in [3.63, 3.8) is 0 Å². The van der Waals surface area contributed by atoms with E-state index in [9.17, 15) is 13.2 Å². The fraction of sp³-hybridized carbons (Fsp3) is 0.367. The van der Waals surface area contributed by atoms with Crippen LogP contribution in [0, 0.1) is 0 Å². The number of piperidine rings is 1. The van der Waals surface area contributed by atoms with Crippen LogP contribution in [0.5, 0.6) is 0 Å². The van der Waals surface area contributed by atoms with E-state index in [1.54, 1.807) is 6.07 Å². The number of H-pyrrole nitrogens is 1. The van der Waals surface area contributed by atoms with E-state index in [1.807, 2.05) is 12.1 Å². The van der Waals surface area contributed by atoms with Gasteiger partial charge in [0.15, 0.2) is 10.8 Å². The minimum absolute atomic E-state index is 0.0838. The number of likely N-dealkylation sites (tertiary alicyclic amines) is 1. The number of anilines is 2. The number of nitrogens with zero attached hydrogens (tertiary/aromatic N) is 3. The molecule has 10 nitrogen and oxygen atoms in total. The molecule has 1 amide bonds. The average Bonchev–Trinajstić information content (AvgIpc) is 3.39. The van der Waals surface area contributed by atoms with Gasteiger partial charge in [0.05, 0.1) is 16.0 Å². The van der Waals surface area contributed by atoms with Crippen molar-refractivity contribution < 1.29 is 17.9 Å². The molecule has 2 aromatic heterocycles. The van der Waals surface area contributed by atoms with Gasteiger partial charge in [0, 0.05) is 35.0 Å². The molecule has 0 aliphatic carbocycles. The second kappa shape index (κ2) is 12.4. The van der Waals surface area contributed by atoms with E-state index in [-0.39, 0.29) is 43.3 Å². The molecule has 3 N–H and O–H groups in total. The Kier molecular flexibility index (Phi) is 8.61. The third-order valence-corrected chi connectivity index (χ3v) is 10.2. The fourth-order valence-corrected chi connectivity index (χ4v) is 7.55. The van der Waals surface area contributed by atoms with Crippen LogP contribution in [-0.4, -0.2) is 73.8 Å². The molecule has 0 unspecified atom stereocenters. The molecule has 13 heteroatoms. The van der Waals surface area contributed by atoms with Crippen molar-refractivity contribution in [3.8, 4) is 0 Å². The first kappa shape index (κ1) is 29.8. The number of halogens is 2. The topological polar surface area (TPSA) is 129 Å². The first-order valence-electron chi connectivity index (χ1n) is 14.2. The summed E-state index contributed by atoms with van der Waals surface area (Å²) in [6, 6.07) is 13.2. The summed E-state index contributed by atoms with van der Waals surface area (Å²) in [4.78, 5) is 20.3. The number of carbonyl (C=O) groups is 1. The molecular weight excluding hydrogens is 611 g/mol. The lowest BCUT2D eigenvalue weighted by molar-refractivity contribution is 0.0904. The quantitative estimate of drug-likeness (QED) is 0.232. The Morgan fingerprint density at radius 3 is 2.44 bits per heavy atom. The van der Waals surface area contributed by atoms with Crippen LogP contribution >= 0.6 is 23.2 Å². The van der Waals surface area contributed by atoms with Gasteiger partial charge < -0.3 is 20.3 Å². The lowest BCUT2D eigenvalue weighted by Gasteiger charge is -2.30. The molecule has 2 aliphatic heterocycles. The van der Waals surface area contributed by atoms with Crippen molar-refractivity contribution >= 4 is 61.5 Å². The van der Waals surface area contributed by atoms with Crippen LogP contribution < -0.4 is 10.6 Å². The van der Waals surface area contributed by atoms with Crippen molar-refractivity contribution in [1.82, 2.24) is 20.1 Å². The number of carbonyl (C=O) groups excluding carboxylic acids is 1. The van der Waals surface area contributed by atoms with Crippen LogP contribution in [0.1, 0.15) is 47.5 Å². The third-order valence-electron chi connectivity index (χ3n) is 8.09. The largest absolute Gasteiger partial charge is 0.381 e. The summed E-state index contributed by atoms with van der Waals surface area (Å²) in [5, 5.41) is 13.7. The number of ether oxygens (including phenoxy) is 1. The summed E-state index contributed by atoms with van der Waals surface area (Å²) < 4.78 is 32.2. The molecule has 4 aromatic rings. The molecule has 2 aromatic carbocycles. The second-order valence-corrected chi connectivity index (χ2v) is 13.9. The monoisotopic (exact) mass is 642 g/mol. The minimum Gasteiger partial charge on any atom is -0.381 e. The smallest absolute Gasteiger partial charge is 0.259 e. The predicted octanol–water partition coefficient (Wildman–Crippen LogP) is 5.75. The van der Waals surface area contributed by atoms with E-state index >= 15 is 0 Å². The number of fused-ring (bicyclic) bond motifs is 1. The average molecular weight is 644 g/mol. The van der Waals surface area contributed by atoms with Gasteiger partial charge in [-0.05, 0) is 99.8 Å². The molecule has 226 valence electrons. The van der Waals surface area contributed by atoms with Crippen molar-refractivity contribution in [2.45, 2.75) is 47.6 Å². The molecule has 4 heterocycles. The van der Waals surface area contributed by atoms with Gasteiger partial charge in [0.25, 0.3) is 5.91 Å². The molecule has 6 rings (SSSR count). The van der Waals surface area contributed by atoms with Gasteiger partial charge in [-0.2, -0.15) is 5.10 Å². The van der Waals surface area contributed by atoms with Crippen molar-refractivity contribution in [3.05, 3.63) is 69.7 Å². The molecule has 0 radical (unpaired) electrons. The van der Waals surface area contributed by atoms with Crippen LogP contribution in [0.15, 0.2) is 58.5 Å². The van der Waals surface area contributed by atoms with E-state index in [0.29, 0.717) is 30.2 Å². The fourth-order valence-electron chi connectivity index (χ4n) is 5.63. The highest BCUT2D eigenvalue weighted by Crippen LogP contribution is 2.33. The van der Waals surface area contributed by atoms with Crippen LogP contribution in [0.4, 0.5) is 11.5 Å². The van der Waals surface area contributed by atoms with E-state index in [2.05, 4.69) is 43.8 Å². The number of amides is 1. The van der Waals surface area contributed by atoms with E-state index in [4.69, 9.17) is 27.9 Å². The number of aromatic amines is 1. The molecule has 0 atom stereocenters. The Morgan fingerprint density at radius 1 is 1.00 bits per heavy atom. The molecule has 2 saturated heterocycles. The standard InChI is InChI=1S/C30H32Cl2N6O4S/c1-38-10-6-18(7-11-38)19-2-3-24(26(14-19)33-22-8-12-42-13-9-22)30(39)35-29-28-25(36-37-29)4-5-27(34-28)43(40,41)23-16-20(31)15-21(32)17-23/h2-5,14-18,22,33H,6-13H2,1H3,(H2,35,36,37,39). The molecule has 0 bridgehead atoms. The maximum Gasteiger partial charge on any atom is 0.259 e. The highest BCUT2D eigenvalue weighted by molar-refractivity contribution is 7.91. The van der Waals surface area contributed by atoms with Crippen molar-refractivity contribution in [2.24, 2.45) is 0 Å². The summed E-state index contributed by atoms with van der Waals surface area (Å²) in [7, 11) is -1.91. The molecule has 2 fully saturated rings. The first-order valence-corrected chi connectivity index (χ1v) is 16.5. The van der Waals surface area contributed by atoms with Crippen LogP contribution in [-0.2, 0) is 14.6 Å². The van der Waals surface area contributed by atoms with Crippen molar-refractivity contribution in [2.75, 3.05) is 44.0 Å². The van der Waals surface area contributed by atoms with Crippen LogP contribution in [0.2, 0.25) is 10.0 Å². The number of benzene rings is 2. The van der Waals surface area contributed by atoms with Crippen LogP contribution in [0.3, 0.4) is 0 Å². The van der Waals surface area contributed by atoms with Crippen molar-refractivity contribution in [1.29, 1.82) is 0 Å². The van der Waals surface area contributed by atoms with E-state index < -0.39 is 9.84 Å². The molecular formula is C30H32Cl2N6O4S. The molecule has 2 aliphatic rings. The summed E-state index contributed by atoms with van der Waals surface area (Å²) in [5.74, 6) is 0.171. The zero-order chi connectivity index (χ0) is 30.1. The lowest BCUT2D eigenvalue weighted by atomic mass is 9.88. The SMILES string of the molecule is CN1CCC(c2ccc(C(=O)Nc3n[nH]c4ccc(S(=O)(=O)c5cc(Cl)cc(Cl)c5)nc34)c(NC3CCOCC3)c2)CC1. The van der Waals surface area contributed by atoms with Gasteiger partial charge in [-0.3, -0.25) is 9.89 Å². The molecule has 0 saturated carbocycles. The molecule has 43 heavy (non-hydrogen) atoms. The normalized spacial score (nSPS) is 17.3. The first-order chi connectivity index (χ1) is 20.7. The lowest BCUT2D eigenvalue weighted by Crippen LogP contribution is -2.30. The Hall–Kier alpha value is -3.22. The van der Waals surface area contributed by atoms with Gasteiger partial charge in [0.2, 0.25) is 9.84 Å². The third kappa shape index (κ3) is 6.51. The highest BCUT2D eigenvalue weighted by Gasteiger charge is 2.25. The van der Waals surface area contributed by atoms with E-state index in [0.717, 1.165) is 44.5 Å². The Balaban J connectivity index is 1.30. The minimum atomic E-state index is -4.05. The Morgan fingerprint density at radius 2 is 1.72 bits per heavy atom. The second-order valence-electron chi connectivity index (χ2n) is 11.1. The Bertz CT molecular complexity index is 1750. The van der Waals surface area contributed by atoms with E-state index in [1.165, 1.54) is 29.8 Å². The van der Waals surface area contributed by atoms with Gasteiger partial charge in [-0.25, -0.2) is 13.4 Å². The summed E-state index contributed by atoms with van der Waals surface area (Å²) in [5.41, 5.74) is 3.12. The zero-order valence-electron chi connectivity index (χ0n) is 23.6. The number of aromatic nitrogens is 3. The molecule has 0 spiro atoms. The van der Waals surface area contributed by atoms with Gasteiger partial charge in [-0.15, -0.1) is 0 Å². The highest BCUT2D eigenvalue weighted by atomic mass is 35.5. The van der Waals surface area contributed by atoms with Gasteiger partial charge in [-0.1, -0.05) is 29.3 Å². The summed E-state index contributed by atoms with van der Waals surface area (Å²) in [6.45, 7) is 3.42. The summed E-state index contributed by atoms with van der Waals surface area (Å²) in [6.07, 6.45) is 3.83.